The maximum atomic E-state index is 15.1. The van der Waals surface area contributed by atoms with Crippen molar-refractivity contribution in [1.82, 2.24) is 20.2 Å². The fourth-order valence-corrected chi connectivity index (χ4v) is 9.43. The lowest BCUT2D eigenvalue weighted by Crippen LogP contribution is -2.44. The molecule has 0 radical (unpaired) electrons. The molecule has 2 saturated heterocycles. The Morgan fingerprint density at radius 2 is 1.84 bits per heavy atom. The lowest BCUT2D eigenvalue weighted by Gasteiger charge is -2.38. The summed E-state index contributed by atoms with van der Waals surface area (Å²) in [6.07, 6.45) is 7.30. The van der Waals surface area contributed by atoms with Gasteiger partial charge < -0.3 is 25.2 Å². The molecule has 2 amide bonds. The van der Waals surface area contributed by atoms with Crippen LogP contribution in [0.2, 0.25) is 5.02 Å². The van der Waals surface area contributed by atoms with Crippen molar-refractivity contribution in [3.63, 3.8) is 0 Å². The molecular formula is C40H44ClFN8O5S. The summed E-state index contributed by atoms with van der Waals surface area (Å²) in [5, 5.41) is 9.17. The number of carbonyl (C=O) groups excluding carboxylic acids is 2. The average Bonchev–Trinajstić information content (AvgIpc) is 3.85. The maximum Gasteiger partial charge on any atom is 0.234 e. The quantitative estimate of drug-likeness (QED) is 0.161. The molecule has 4 aliphatic rings. The van der Waals surface area contributed by atoms with Crippen LogP contribution in [0, 0.1) is 5.82 Å². The Hall–Kier alpha value is -4.99. The summed E-state index contributed by atoms with van der Waals surface area (Å²) in [5.74, 6) is -0.348. The first-order valence-electron chi connectivity index (χ1n) is 18.9. The van der Waals surface area contributed by atoms with Crippen LogP contribution in [0.1, 0.15) is 53.9 Å². The number of hydrogen-bond donors (Lipinski definition) is 3. The van der Waals surface area contributed by atoms with Crippen LogP contribution in [-0.2, 0) is 38.9 Å². The molecule has 3 aromatic carbocycles. The number of rotatable bonds is 11. The minimum atomic E-state index is -3.46. The van der Waals surface area contributed by atoms with E-state index < -0.39 is 27.7 Å². The molecular weight excluding hydrogens is 759 g/mol. The Labute approximate surface area is 330 Å². The SMILES string of the molecule is CN(CCc1ccc(C2CCC(=O)NC2=O)c(F)c1)C1CCN(c2ccc(Nc3ncc(Cl)c(Nc4cccc5c4N(S(C)(=O)=O)CC5)n3)c3c2CCO3)CC1. The summed E-state index contributed by atoms with van der Waals surface area (Å²) >= 11 is 6.53. The minimum absolute atomic E-state index is 0.217. The summed E-state index contributed by atoms with van der Waals surface area (Å²) in [7, 11) is -1.34. The van der Waals surface area contributed by atoms with Gasteiger partial charge in [0.05, 0.1) is 42.0 Å². The molecule has 0 spiro atoms. The van der Waals surface area contributed by atoms with E-state index >= 15 is 4.39 Å². The third kappa shape index (κ3) is 7.71. The van der Waals surface area contributed by atoms with E-state index in [9.17, 15) is 18.0 Å². The van der Waals surface area contributed by atoms with Crippen molar-refractivity contribution in [2.24, 2.45) is 0 Å². The Morgan fingerprint density at radius 1 is 1.02 bits per heavy atom. The van der Waals surface area contributed by atoms with Gasteiger partial charge in [-0.3, -0.25) is 19.2 Å². The van der Waals surface area contributed by atoms with Crippen molar-refractivity contribution in [1.29, 1.82) is 0 Å². The van der Waals surface area contributed by atoms with Crippen LogP contribution in [0.15, 0.2) is 54.7 Å². The van der Waals surface area contributed by atoms with Crippen molar-refractivity contribution >= 4 is 68.0 Å². The molecule has 0 bridgehead atoms. The normalized spacial score (nSPS) is 18.5. The van der Waals surface area contributed by atoms with Gasteiger partial charge in [-0.15, -0.1) is 0 Å². The maximum absolute atomic E-state index is 15.1. The molecule has 0 saturated carbocycles. The number of anilines is 6. The number of fused-ring (bicyclic) bond motifs is 2. The van der Waals surface area contributed by atoms with Gasteiger partial charge in [-0.1, -0.05) is 35.9 Å². The number of ether oxygens (including phenoxy) is 1. The number of hydrogen-bond acceptors (Lipinski definition) is 11. The first kappa shape index (κ1) is 37.9. The molecule has 294 valence electrons. The number of para-hydroxylation sites is 1. The zero-order chi connectivity index (χ0) is 39.1. The summed E-state index contributed by atoms with van der Waals surface area (Å²) in [5.41, 5.74) is 6.38. The molecule has 0 aliphatic carbocycles. The number of halogens is 2. The highest BCUT2D eigenvalue weighted by Crippen LogP contribution is 2.43. The lowest BCUT2D eigenvalue weighted by molar-refractivity contribution is -0.134. The molecule has 3 N–H and O–H groups in total. The molecule has 1 unspecified atom stereocenters. The lowest BCUT2D eigenvalue weighted by atomic mass is 9.89. The van der Waals surface area contributed by atoms with Gasteiger partial charge in [0, 0.05) is 61.9 Å². The standard InChI is InChI=1S/C40H44ClFN8O5S/c1-48(17-12-24-6-7-27(31(42)22-24)28-8-11-35(51)46-39(28)52)26-14-18-49(19-15-26)34-10-9-33(37-29(34)16-21-55-37)45-40-43-23-30(41)38(47-40)44-32-5-3-4-25-13-20-50(36(25)32)56(2,53)54/h3-7,9-10,22-23,26,28H,8,11-21H2,1-2H3,(H,46,51,52)(H2,43,44,45,47). The predicted octanol–water partition coefficient (Wildman–Crippen LogP) is 5.68. The predicted molar refractivity (Wildman–Crippen MR) is 215 cm³/mol. The Bertz CT molecular complexity index is 2300. The zero-order valence-electron chi connectivity index (χ0n) is 31.3. The van der Waals surface area contributed by atoms with Crippen LogP contribution >= 0.6 is 11.6 Å². The third-order valence-electron chi connectivity index (χ3n) is 11.3. The minimum Gasteiger partial charge on any atom is -0.491 e. The zero-order valence-corrected chi connectivity index (χ0v) is 32.9. The van der Waals surface area contributed by atoms with E-state index in [0.717, 1.165) is 72.7 Å². The second-order valence-corrected chi connectivity index (χ2v) is 17.2. The van der Waals surface area contributed by atoms with Gasteiger partial charge in [0.25, 0.3) is 0 Å². The molecule has 1 atom stereocenters. The number of piperidine rings is 2. The summed E-state index contributed by atoms with van der Waals surface area (Å²) in [6, 6.07) is 15.2. The molecule has 8 rings (SSSR count). The number of nitrogens with one attached hydrogen (secondary N) is 3. The second kappa shape index (κ2) is 15.5. The van der Waals surface area contributed by atoms with Crippen molar-refractivity contribution in [2.45, 2.75) is 56.9 Å². The van der Waals surface area contributed by atoms with Crippen LogP contribution in [0.25, 0.3) is 0 Å². The highest BCUT2D eigenvalue weighted by Gasteiger charge is 2.32. The third-order valence-corrected chi connectivity index (χ3v) is 12.7. The van der Waals surface area contributed by atoms with E-state index in [0.29, 0.717) is 67.2 Å². The van der Waals surface area contributed by atoms with Crippen molar-refractivity contribution in [2.75, 3.05) is 65.9 Å². The van der Waals surface area contributed by atoms with Gasteiger partial charge in [-0.05, 0) is 74.5 Å². The van der Waals surface area contributed by atoms with Crippen molar-refractivity contribution < 1.29 is 27.1 Å². The Morgan fingerprint density at radius 3 is 2.61 bits per heavy atom. The highest BCUT2D eigenvalue weighted by atomic mass is 35.5. The van der Waals surface area contributed by atoms with E-state index in [2.05, 4.69) is 48.8 Å². The number of likely N-dealkylation sites (N-methyl/N-ethyl adjacent to an activating group) is 1. The van der Waals surface area contributed by atoms with Crippen LogP contribution in [0.4, 0.5) is 38.9 Å². The summed E-state index contributed by atoms with van der Waals surface area (Å²) < 4.78 is 47.7. The number of nitrogens with zero attached hydrogens (tertiary/aromatic N) is 5. The number of sulfonamides is 1. The molecule has 16 heteroatoms. The molecule has 4 aromatic rings. The van der Waals surface area contributed by atoms with E-state index in [1.165, 1.54) is 22.8 Å². The molecule has 2 fully saturated rings. The number of aromatic nitrogens is 2. The number of imide groups is 1. The monoisotopic (exact) mass is 802 g/mol. The number of benzene rings is 3. The van der Waals surface area contributed by atoms with E-state index in [4.69, 9.17) is 16.3 Å². The summed E-state index contributed by atoms with van der Waals surface area (Å²) in [6.45, 7) is 3.50. The molecule has 13 nitrogen and oxygen atoms in total. The summed E-state index contributed by atoms with van der Waals surface area (Å²) in [4.78, 5) is 37.6. The van der Waals surface area contributed by atoms with Crippen LogP contribution in [0.3, 0.4) is 0 Å². The fourth-order valence-electron chi connectivity index (χ4n) is 8.33. The van der Waals surface area contributed by atoms with Gasteiger partial charge in [0.1, 0.15) is 16.6 Å². The Balaban J connectivity index is 0.892. The van der Waals surface area contributed by atoms with Crippen LogP contribution < -0.4 is 29.9 Å². The molecule has 4 aliphatic heterocycles. The number of amides is 2. The van der Waals surface area contributed by atoms with Crippen molar-refractivity contribution in [3.05, 3.63) is 87.8 Å². The second-order valence-electron chi connectivity index (χ2n) is 14.9. The van der Waals surface area contributed by atoms with Gasteiger partial charge in [-0.2, -0.15) is 4.98 Å². The van der Waals surface area contributed by atoms with E-state index in [1.54, 1.807) is 6.07 Å². The fraction of sp³-hybridized carbons (Fsp3) is 0.400. The van der Waals surface area contributed by atoms with Gasteiger partial charge >= 0.3 is 0 Å². The largest absolute Gasteiger partial charge is 0.491 e. The highest BCUT2D eigenvalue weighted by molar-refractivity contribution is 7.92. The van der Waals surface area contributed by atoms with Gasteiger partial charge in [-0.25, -0.2) is 17.8 Å². The van der Waals surface area contributed by atoms with E-state index in [-0.39, 0.29) is 17.4 Å². The molecule has 1 aromatic heterocycles. The topological polar surface area (TPSA) is 149 Å². The van der Waals surface area contributed by atoms with Gasteiger partial charge in [0.15, 0.2) is 5.82 Å². The molecule has 5 heterocycles. The van der Waals surface area contributed by atoms with Crippen LogP contribution in [0.5, 0.6) is 5.75 Å². The van der Waals surface area contributed by atoms with Crippen LogP contribution in [-0.4, -0.2) is 87.2 Å². The first-order valence-corrected chi connectivity index (χ1v) is 21.2. The number of carbonyl (C=O) groups is 2. The molecule has 56 heavy (non-hydrogen) atoms. The average molecular weight is 803 g/mol. The van der Waals surface area contributed by atoms with E-state index in [1.807, 2.05) is 30.3 Å². The van der Waals surface area contributed by atoms with Crippen molar-refractivity contribution in [3.8, 4) is 5.75 Å². The Kier molecular flexibility index (Phi) is 10.5. The first-order chi connectivity index (χ1) is 26.9. The van der Waals surface area contributed by atoms with Gasteiger partial charge in [0.2, 0.25) is 27.8 Å². The smallest absolute Gasteiger partial charge is 0.234 e.